The molecule has 0 saturated heterocycles. The highest BCUT2D eigenvalue weighted by Crippen LogP contribution is 2.36. The van der Waals surface area contributed by atoms with Crippen molar-refractivity contribution in [3.05, 3.63) is 87.3 Å². The molecule has 0 N–H and O–H groups in total. The molecule has 3 aromatic rings. The van der Waals surface area contributed by atoms with Gasteiger partial charge in [-0.15, -0.1) is 0 Å². The number of halogens is 3. The average molecular weight is 528 g/mol. The SMILES string of the molecule is O=C(CCCc1ccc(C(F)(F)F)cc1)N1CCc2nc(SC3CCC3)n(-c3ccccc3)c(=O)c2C1. The third-order valence-electron chi connectivity index (χ3n) is 7.03. The summed E-state index contributed by atoms with van der Waals surface area (Å²) in [4.78, 5) is 33.2. The normalized spacial score (nSPS) is 15.8. The van der Waals surface area contributed by atoms with E-state index in [0.29, 0.717) is 36.6 Å². The third-order valence-corrected chi connectivity index (χ3v) is 8.32. The van der Waals surface area contributed by atoms with Crippen LogP contribution in [0, 0.1) is 0 Å². The van der Waals surface area contributed by atoms with Crippen LogP contribution in [0.2, 0.25) is 0 Å². The van der Waals surface area contributed by atoms with Crippen molar-refractivity contribution in [2.45, 2.75) is 68.1 Å². The number of hydrogen-bond donors (Lipinski definition) is 0. The predicted octanol–water partition coefficient (Wildman–Crippen LogP) is 5.80. The van der Waals surface area contributed by atoms with Crippen LogP contribution in [0.5, 0.6) is 0 Å². The second kappa shape index (κ2) is 10.7. The molecule has 2 heterocycles. The van der Waals surface area contributed by atoms with Gasteiger partial charge in [0.2, 0.25) is 5.91 Å². The van der Waals surface area contributed by atoms with Crippen molar-refractivity contribution in [1.82, 2.24) is 14.5 Å². The van der Waals surface area contributed by atoms with Crippen LogP contribution in [-0.2, 0) is 30.4 Å². The van der Waals surface area contributed by atoms with Crippen LogP contribution in [0.3, 0.4) is 0 Å². The molecule has 1 aromatic heterocycles. The Balaban J connectivity index is 1.28. The standard InChI is InChI=1S/C28H28F3N3O2S/c29-28(30,31)20-14-12-19(13-15-20)6-4-11-25(35)33-17-16-24-23(18-33)26(36)34(21-7-2-1-3-8-21)27(32-24)37-22-9-5-10-22/h1-3,7-8,12-15,22H,4-6,9-11,16-18H2. The van der Waals surface area contributed by atoms with Crippen molar-refractivity contribution in [2.24, 2.45) is 0 Å². The van der Waals surface area contributed by atoms with Gasteiger partial charge in [-0.25, -0.2) is 4.98 Å². The van der Waals surface area contributed by atoms with Crippen LogP contribution in [0.4, 0.5) is 13.2 Å². The molecular formula is C28H28F3N3O2S. The first-order chi connectivity index (χ1) is 17.8. The zero-order chi connectivity index (χ0) is 26.0. The number of alkyl halides is 3. The van der Waals surface area contributed by atoms with Gasteiger partial charge in [0.15, 0.2) is 5.16 Å². The molecule has 9 heteroatoms. The Kier molecular flexibility index (Phi) is 7.42. The number of nitrogens with zero attached hydrogens (tertiary/aromatic N) is 3. The van der Waals surface area contributed by atoms with E-state index in [9.17, 15) is 22.8 Å². The number of carbonyl (C=O) groups excluding carboxylic acids is 1. The highest BCUT2D eigenvalue weighted by molar-refractivity contribution is 7.99. The number of fused-ring (bicyclic) bond motifs is 1. The Bertz CT molecular complexity index is 1320. The minimum Gasteiger partial charge on any atom is -0.338 e. The number of aryl methyl sites for hydroxylation is 1. The molecule has 1 amide bonds. The molecule has 5 rings (SSSR count). The maximum Gasteiger partial charge on any atom is 0.416 e. The van der Waals surface area contributed by atoms with Gasteiger partial charge in [-0.1, -0.05) is 48.5 Å². The van der Waals surface area contributed by atoms with Crippen LogP contribution >= 0.6 is 11.8 Å². The average Bonchev–Trinajstić information content (AvgIpc) is 2.86. The Morgan fingerprint density at radius 2 is 1.78 bits per heavy atom. The van der Waals surface area contributed by atoms with Crippen LogP contribution in [0.25, 0.3) is 5.69 Å². The van der Waals surface area contributed by atoms with Gasteiger partial charge in [-0.3, -0.25) is 14.2 Å². The highest BCUT2D eigenvalue weighted by Gasteiger charge is 2.30. The lowest BCUT2D eigenvalue weighted by Gasteiger charge is -2.30. The summed E-state index contributed by atoms with van der Waals surface area (Å²) in [6.07, 6.45) is 0.935. The minimum atomic E-state index is -4.36. The lowest BCUT2D eigenvalue weighted by Crippen LogP contribution is -2.41. The minimum absolute atomic E-state index is 0.0591. The number of thioether (sulfide) groups is 1. The predicted molar refractivity (Wildman–Crippen MR) is 137 cm³/mol. The fourth-order valence-corrected chi connectivity index (χ4v) is 5.98. The van der Waals surface area contributed by atoms with Crippen LogP contribution in [-0.4, -0.2) is 32.2 Å². The van der Waals surface area contributed by atoms with Gasteiger partial charge < -0.3 is 4.90 Å². The zero-order valence-electron chi connectivity index (χ0n) is 20.3. The van der Waals surface area contributed by atoms with Gasteiger partial charge in [0, 0.05) is 24.6 Å². The van der Waals surface area contributed by atoms with Crippen molar-refractivity contribution < 1.29 is 18.0 Å². The summed E-state index contributed by atoms with van der Waals surface area (Å²) < 4.78 is 39.9. The maximum absolute atomic E-state index is 13.7. The van der Waals surface area contributed by atoms with Gasteiger partial charge >= 0.3 is 6.18 Å². The molecule has 37 heavy (non-hydrogen) atoms. The van der Waals surface area contributed by atoms with Crippen LogP contribution in [0.15, 0.2) is 64.5 Å². The first-order valence-electron chi connectivity index (χ1n) is 12.6. The zero-order valence-corrected chi connectivity index (χ0v) is 21.2. The van der Waals surface area contributed by atoms with Crippen molar-refractivity contribution in [2.75, 3.05) is 6.54 Å². The lowest BCUT2D eigenvalue weighted by molar-refractivity contribution is -0.137. The molecule has 2 aliphatic rings. The molecule has 0 spiro atoms. The molecule has 2 aromatic carbocycles. The van der Waals surface area contributed by atoms with E-state index >= 15 is 0 Å². The number of hydrogen-bond acceptors (Lipinski definition) is 4. The van der Waals surface area contributed by atoms with E-state index in [2.05, 4.69) is 0 Å². The molecule has 1 fully saturated rings. The van der Waals surface area contributed by atoms with Crippen molar-refractivity contribution in [1.29, 1.82) is 0 Å². The second-order valence-electron chi connectivity index (χ2n) is 9.58. The highest BCUT2D eigenvalue weighted by atomic mass is 32.2. The van der Waals surface area contributed by atoms with E-state index in [1.165, 1.54) is 18.6 Å². The summed E-state index contributed by atoms with van der Waals surface area (Å²) in [6, 6.07) is 14.5. The molecule has 0 unspecified atom stereocenters. The number of benzene rings is 2. The van der Waals surface area contributed by atoms with E-state index in [1.807, 2.05) is 30.3 Å². The van der Waals surface area contributed by atoms with Gasteiger partial charge in [0.1, 0.15) is 0 Å². The van der Waals surface area contributed by atoms with Crippen molar-refractivity contribution in [3.63, 3.8) is 0 Å². The van der Waals surface area contributed by atoms with Crippen molar-refractivity contribution >= 4 is 17.7 Å². The van der Waals surface area contributed by atoms with Crippen LogP contribution < -0.4 is 5.56 Å². The third kappa shape index (κ3) is 5.76. The topological polar surface area (TPSA) is 55.2 Å². The fraction of sp³-hybridized carbons (Fsp3) is 0.393. The molecule has 5 nitrogen and oxygen atoms in total. The summed E-state index contributed by atoms with van der Waals surface area (Å²) in [6.45, 7) is 0.725. The number of rotatable bonds is 7. The Morgan fingerprint density at radius 1 is 1.05 bits per heavy atom. The molecule has 0 radical (unpaired) electrons. The summed E-state index contributed by atoms with van der Waals surface area (Å²) in [7, 11) is 0. The summed E-state index contributed by atoms with van der Waals surface area (Å²) in [5, 5.41) is 1.20. The van der Waals surface area contributed by atoms with Gasteiger partial charge in [0.25, 0.3) is 5.56 Å². The van der Waals surface area contributed by atoms with E-state index in [4.69, 9.17) is 4.98 Å². The van der Waals surface area contributed by atoms with E-state index in [1.54, 1.807) is 21.2 Å². The number of carbonyl (C=O) groups is 1. The van der Waals surface area contributed by atoms with Gasteiger partial charge in [-0.05, 0) is 55.5 Å². The second-order valence-corrected chi connectivity index (χ2v) is 10.8. The maximum atomic E-state index is 13.7. The molecule has 1 saturated carbocycles. The summed E-state index contributed by atoms with van der Waals surface area (Å²) in [5.41, 5.74) is 2.06. The Hall–Kier alpha value is -3.07. The smallest absolute Gasteiger partial charge is 0.338 e. The molecule has 0 bridgehead atoms. The Labute approximate surface area is 217 Å². The molecule has 1 aliphatic carbocycles. The van der Waals surface area contributed by atoms with E-state index in [0.717, 1.165) is 47.1 Å². The molecular weight excluding hydrogens is 499 g/mol. The van der Waals surface area contributed by atoms with Crippen LogP contribution in [0.1, 0.15) is 54.5 Å². The largest absolute Gasteiger partial charge is 0.416 e. The summed E-state index contributed by atoms with van der Waals surface area (Å²) in [5.74, 6) is -0.0591. The first-order valence-corrected chi connectivity index (χ1v) is 13.5. The summed E-state index contributed by atoms with van der Waals surface area (Å²) >= 11 is 1.67. The van der Waals surface area contributed by atoms with Gasteiger partial charge in [0.05, 0.1) is 29.1 Å². The number of aromatic nitrogens is 2. The van der Waals surface area contributed by atoms with E-state index in [-0.39, 0.29) is 24.4 Å². The quantitative estimate of drug-likeness (QED) is 0.364. The van der Waals surface area contributed by atoms with E-state index < -0.39 is 11.7 Å². The molecule has 194 valence electrons. The Morgan fingerprint density at radius 3 is 2.43 bits per heavy atom. The van der Waals surface area contributed by atoms with Crippen molar-refractivity contribution in [3.8, 4) is 5.69 Å². The lowest BCUT2D eigenvalue weighted by atomic mass is 10.0. The molecule has 1 aliphatic heterocycles. The number of para-hydroxylation sites is 1. The fourth-order valence-electron chi connectivity index (χ4n) is 4.65. The molecule has 0 atom stereocenters. The monoisotopic (exact) mass is 527 g/mol. The first kappa shape index (κ1) is 25.6. The van der Waals surface area contributed by atoms with Gasteiger partial charge in [-0.2, -0.15) is 13.2 Å². The number of amides is 1.